The third kappa shape index (κ3) is 3.88. The van der Waals surface area contributed by atoms with Crippen molar-refractivity contribution in [3.05, 3.63) is 24.3 Å². The van der Waals surface area contributed by atoms with Crippen molar-refractivity contribution in [2.24, 2.45) is 5.92 Å². The first-order valence-corrected chi connectivity index (χ1v) is 9.50. The van der Waals surface area contributed by atoms with Crippen LogP contribution in [-0.4, -0.2) is 34.5 Å². The molecule has 0 aromatic rings. The van der Waals surface area contributed by atoms with Crippen molar-refractivity contribution >= 4 is 7.14 Å². The van der Waals surface area contributed by atoms with E-state index in [0.29, 0.717) is 13.0 Å². The van der Waals surface area contributed by atoms with Gasteiger partial charge >= 0.3 is 0 Å². The second-order valence-corrected chi connectivity index (χ2v) is 12.2. The second-order valence-electron chi connectivity index (χ2n) is 7.69. The van der Waals surface area contributed by atoms with Crippen LogP contribution in [0.25, 0.3) is 0 Å². The fourth-order valence-electron chi connectivity index (χ4n) is 3.14. The van der Waals surface area contributed by atoms with Crippen LogP contribution in [-0.2, 0) is 9.30 Å². The summed E-state index contributed by atoms with van der Waals surface area (Å²) in [4.78, 5) is 0. The average molecular weight is 314 g/mol. The smallest absolute Gasteiger partial charge is 0.126 e. The van der Waals surface area contributed by atoms with Crippen molar-refractivity contribution in [2.45, 2.75) is 64.1 Å². The largest absolute Gasteiger partial charge is 0.396 e. The predicted molar refractivity (Wildman–Crippen MR) is 90.3 cm³/mol. The highest BCUT2D eigenvalue weighted by molar-refractivity contribution is 7.67. The SMILES string of the molecule is CC(C)(C)P(=O)(C(OCCCO)C1C=CC=C1)C(C)(C)C. The average Bonchev–Trinajstić information content (AvgIpc) is 2.84. The fraction of sp³-hybridized carbons (Fsp3) is 0.765. The Bertz CT molecular complexity index is 408. The zero-order valence-corrected chi connectivity index (χ0v) is 15.2. The molecule has 1 aliphatic rings. The van der Waals surface area contributed by atoms with E-state index in [2.05, 4.69) is 12.2 Å². The Labute approximate surface area is 129 Å². The van der Waals surface area contributed by atoms with E-state index in [1.807, 2.05) is 53.7 Å². The van der Waals surface area contributed by atoms with Crippen LogP contribution in [0.2, 0.25) is 0 Å². The highest BCUT2D eigenvalue weighted by atomic mass is 31.2. The molecule has 122 valence electrons. The zero-order chi connectivity index (χ0) is 16.3. The molecular weight excluding hydrogens is 283 g/mol. The molecule has 0 bridgehead atoms. The van der Waals surface area contributed by atoms with Crippen molar-refractivity contribution < 1.29 is 14.4 Å². The van der Waals surface area contributed by atoms with Gasteiger partial charge < -0.3 is 14.4 Å². The zero-order valence-electron chi connectivity index (χ0n) is 14.3. The second kappa shape index (κ2) is 6.81. The lowest BCUT2D eigenvalue weighted by Crippen LogP contribution is -2.39. The van der Waals surface area contributed by atoms with Crippen molar-refractivity contribution in [3.63, 3.8) is 0 Å². The first-order chi connectivity index (χ1) is 9.55. The van der Waals surface area contributed by atoms with Gasteiger partial charge in [0.15, 0.2) is 0 Å². The molecule has 0 heterocycles. The van der Waals surface area contributed by atoms with Crippen LogP contribution in [0.5, 0.6) is 0 Å². The molecule has 0 saturated carbocycles. The Morgan fingerprint density at radius 2 is 1.57 bits per heavy atom. The predicted octanol–water partition coefficient (Wildman–Crippen LogP) is 4.41. The van der Waals surface area contributed by atoms with Crippen LogP contribution in [0.4, 0.5) is 0 Å². The number of rotatable bonds is 6. The summed E-state index contributed by atoms with van der Waals surface area (Å²) in [6, 6.07) is 0. The topological polar surface area (TPSA) is 46.5 Å². The van der Waals surface area contributed by atoms with E-state index < -0.39 is 7.14 Å². The molecule has 1 rings (SSSR count). The number of hydrogen-bond donors (Lipinski definition) is 1. The Morgan fingerprint density at radius 1 is 1.10 bits per heavy atom. The highest BCUT2D eigenvalue weighted by Gasteiger charge is 2.53. The quantitative estimate of drug-likeness (QED) is 0.583. The van der Waals surface area contributed by atoms with Gasteiger partial charge in [-0.2, -0.15) is 0 Å². The lowest BCUT2D eigenvalue weighted by Gasteiger charge is -2.46. The van der Waals surface area contributed by atoms with E-state index in [1.165, 1.54) is 0 Å². The number of aliphatic hydroxyl groups excluding tert-OH is 1. The molecule has 0 fully saturated rings. The minimum atomic E-state index is -2.69. The number of hydrogen-bond acceptors (Lipinski definition) is 3. The summed E-state index contributed by atoms with van der Waals surface area (Å²) >= 11 is 0. The minimum Gasteiger partial charge on any atom is -0.396 e. The molecule has 0 aliphatic heterocycles. The first kappa shape index (κ1) is 18.7. The van der Waals surface area contributed by atoms with E-state index >= 15 is 0 Å². The van der Waals surface area contributed by atoms with Crippen molar-refractivity contribution in [1.29, 1.82) is 0 Å². The normalized spacial score (nSPS) is 18.4. The van der Waals surface area contributed by atoms with E-state index in [4.69, 9.17) is 9.84 Å². The fourth-order valence-corrected chi connectivity index (χ4v) is 7.67. The van der Waals surface area contributed by atoms with Crippen LogP contribution in [0.1, 0.15) is 48.0 Å². The van der Waals surface area contributed by atoms with Crippen LogP contribution in [0.3, 0.4) is 0 Å². The number of allylic oxidation sites excluding steroid dienone is 2. The van der Waals surface area contributed by atoms with Crippen molar-refractivity contribution in [2.75, 3.05) is 13.2 Å². The lowest BCUT2D eigenvalue weighted by atomic mass is 10.2. The molecule has 1 N–H and O–H groups in total. The highest BCUT2D eigenvalue weighted by Crippen LogP contribution is 2.71. The Balaban J connectivity index is 3.21. The molecule has 0 radical (unpaired) electrons. The van der Waals surface area contributed by atoms with Gasteiger partial charge in [-0.15, -0.1) is 0 Å². The molecular formula is C17H31O3P. The van der Waals surface area contributed by atoms with Gasteiger partial charge in [0.05, 0.1) is 0 Å². The summed E-state index contributed by atoms with van der Waals surface area (Å²) in [5, 5.41) is 8.32. The maximum atomic E-state index is 14.1. The summed E-state index contributed by atoms with van der Waals surface area (Å²) in [6.07, 6.45) is 8.68. The summed E-state index contributed by atoms with van der Waals surface area (Å²) in [7, 11) is -2.69. The van der Waals surface area contributed by atoms with Gasteiger partial charge in [0.25, 0.3) is 0 Å². The summed E-state index contributed by atoms with van der Waals surface area (Å²) in [5.41, 5.74) is 0. The van der Waals surface area contributed by atoms with Gasteiger partial charge in [0.2, 0.25) is 0 Å². The number of aliphatic hydroxyl groups is 1. The molecule has 0 spiro atoms. The lowest BCUT2D eigenvalue weighted by molar-refractivity contribution is 0.0734. The standard InChI is InChI=1S/C17H31O3P/c1-16(2,3)21(19,17(4,5)6)15(20-13-9-12-18)14-10-7-8-11-14/h7-8,10-11,14-15,18H,9,12-13H2,1-6H3. The third-order valence-electron chi connectivity index (χ3n) is 4.05. The van der Waals surface area contributed by atoms with Crippen molar-refractivity contribution in [1.82, 2.24) is 0 Å². The Hall–Kier alpha value is -0.370. The van der Waals surface area contributed by atoms with Gasteiger partial charge in [0.1, 0.15) is 13.0 Å². The molecule has 0 aromatic heterocycles. The molecule has 1 unspecified atom stereocenters. The molecule has 21 heavy (non-hydrogen) atoms. The monoisotopic (exact) mass is 314 g/mol. The third-order valence-corrected chi connectivity index (χ3v) is 9.25. The number of ether oxygens (including phenoxy) is 1. The summed E-state index contributed by atoms with van der Waals surface area (Å²) in [5.74, 6) is -0.285. The van der Waals surface area contributed by atoms with Gasteiger partial charge in [-0.1, -0.05) is 65.8 Å². The molecule has 0 saturated heterocycles. The van der Waals surface area contributed by atoms with E-state index in [9.17, 15) is 4.57 Å². The van der Waals surface area contributed by atoms with Crippen LogP contribution in [0.15, 0.2) is 24.3 Å². The van der Waals surface area contributed by atoms with E-state index in [1.54, 1.807) is 0 Å². The maximum Gasteiger partial charge on any atom is 0.126 e. The van der Waals surface area contributed by atoms with Crippen LogP contribution < -0.4 is 0 Å². The summed E-state index contributed by atoms with van der Waals surface area (Å²) in [6.45, 7) is 12.8. The van der Waals surface area contributed by atoms with Gasteiger partial charge in [-0.05, 0) is 6.42 Å². The molecule has 0 amide bonds. The first-order valence-electron chi connectivity index (χ1n) is 7.73. The van der Waals surface area contributed by atoms with E-state index in [-0.39, 0.29) is 28.7 Å². The van der Waals surface area contributed by atoms with Crippen molar-refractivity contribution in [3.8, 4) is 0 Å². The molecule has 4 heteroatoms. The van der Waals surface area contributed by atoms with E-state index in [0.717, 1.165) is 0 Å². The summed E-state index contributed by atoms with van der Waals surface area (Å²) < 4.78 is 20.1. The van der Waals surface area contributed by atoms with Crippen LogP contribution >= 0.6 is 7.14 Å². The molecule has 3 nitrogen and oxygen atoms in total. The Kier molecular flexibility index (Phi) is 6.06. The molecule has 1 atom stereocenters. The van der Waals surface area contributed by atoms with Gasteiger partial charge in [-0.25, -0.2) is 0 Å². The maximum absolute atomic E-state index is 14.1. The molecule has 0 aromatic carbocycles. The van der Waals surface area contributed by atoms with Crippen LogP contribution in [0, 0.1) is 5.92 Å². The van der Waals surface area contributed by atoms with Gasteiger partial charge in [-0.3, -0.25) is 0 Å². The van der Waals surface area contributed by atoms with Gasteiger partial charge in [0, 0.05) is 29.4 Å². The molecule has 1 aliphatic carbocycles. The Morgan fingerprint density at radius 3 is 1.95 bits per heavy atom. The minimum absolute atomic E-state index is 0.0491.